The Hall–Kier alpha value is -2.49. The molecule has 4 nitrogen and oxygen atoms in total. The van der Waals surface area contributed by atoms with E-state index in [9.17, 15) is 4.79 Å². The Bertz CT molecular complexity index is 624. The molecule has 0 aliphatic rings. The topological polar surface area (TPSA) is 55.6 Å². The molecule has 0 saturated carbocycles. The van der Waals surface area contributed by atoms with Crippen LogP contribution in [0, 0.1) is 0 Å². The van der Waals surface area contributed by atoms with E-state index in [0.29, 0.717) is 30.9 Å². The van der Waals surface area contributed by atoms with Gasteiger partial charge >= 0.3 is 0 Å². The molecule has 0 spiro atoms. The Morgan fingerprint density at radius 3 is 2.45 bits per heavy atom. The first-order valence-corrected chi connectivity index (χ1v) is 7.31. The molecule has 2 N–H and O–H groups in total. The number of nitrogens with two attached hydrogens (primary N) is 1. The van der Waals surface area contributed by atoms with Crippen LogP contribution in [0.3, 0.4) is 0 Å². The van der Waals surface area contributed by atoms with Crippen LogP contribution >= 0.6 is 0 Å². The number of amides is 1. The molecule has 2 aromatic rings. The minimum Gasteiger partial charge on any atom is -0.487 e. The SMILES string of the molecule is CN(C)C(=O)CCc1ccc(OCc2ccccc2)c(N)c1. The van der Waals surface area contributed by atoms with Crippen molar-refractivity contribution in [2.24, 2.45) is 0 Å². The molecule has 0 aliphatic heterocycles. The van der Waals surface area contributed by atoms with E-state index in [1.165, 1.54) is 0 Å². The van der Waals surface area contributed by atoms with Gasteiger partial charge in [-0.15, -0.1) is 0 Å². The van der Waals surface area contributed by atoms with E-state index in [1.54, 1.807) is 19.0 Å². The lowest BCUT2D eigenvalue weighted by Crippen LogP contribution is -2.21. The molecule has 22 heavy (non-hydrogen) atoms. The predicted octanol–water partition coefficient (Wildman–Crippen LogP) is 2.87. The van der Waals surface area contributed by atoms with Crippen LogP contribution in [-0.2, 0) is 17.8 Å². The van der Waals surface area contributed by atoms with Gasteiger partial charge in [0.25, 0.3) is 0 Å². The number of aryl methyl sites for hydroxylation is 1. The lowest BCUT2D eigenvalue weighted by Gasteiger charge is -2.12. The minimum absolute atomic E-state index is 0.114. The molecule has 0 aliphatic carbocycles. The van der Waals surface area contributed by atoms with E-state index in [1.807, 2.05) is 48.5 Å². The molecule has 0 saturated heterocycles. The van der Waals surface area contributed by atoms with Crippen molar-refractivity contribution < 1.29 is 9.53 Å². The van der Waals surface area contributed by atoms with Gasteiger partial charge in [-0.1, -0.05) is 36.4 Å². The number of rotatable bonds is 6. The van der Waals surface area contributed by atoms with E-state index in [0.717, 1.165) is 11.1 Å². The fourth-order valence-electron chi connectivity index (χ4n) is 2.10. The van der Waals surface area contributed by atoms with Gasteiger partial charge < -0.3 is 15.4 Å². The number of hydrogen-bond donors (Lipinski definition) is 1. The summed E-state index contributed by atoms with van der Waals surface area (Å²) in [5.41, 5.74) is 8.77. The monoisotopic (exact) mass is 298 g/mol. The van der Waals surface area contributed by atoms with E-state index in [2.05, 4.69) is 0 Å². The van der Waals surface area contributed by atoms with Gasteiger partial charge in [-0.25, -0.2) is 0 Å². The zero-order valence-corrected chi connectivity index (χ0v) is 13.1. The quantitative estimate of drug-likeness (QED) is 0.834. The summed E-state index contributed by atoms with van der Waals surface area (Å²) < 4.78 is 5.74. The first kappa shape index (κ1) is 15.9. The Labute approximate surface area is 131 Å². The molecule has 2 aromatic carbocycles. The van der Waals surface area contributed by atoms with Crippen LogP contribution in [0.15, 0.2) is 48.5 Å². The van der Waals surface area contributed by atoms with Crippen LogP contribution < -0.4 is 10.5 Å². The highest BCUT2D eigenvalue weighted by atomic mass is 16.5. The maximum Gasteiger partial charge on any atom is 0.222 e. The van der Waals surface area contributed by atoms with Crippen molar-refractivity contribution in [3.63, 3.8) is 0 Å². The van der Waals surface area contributed by atoms with E-state index in [4.69, 9.17) is 10.5 Å². The van der Waals surface area contributed by atoms with Gasteiger partial charge in [-0.3, -0.25) is 4.79 Å². The second-order valence-corrected chi connectivity index (χ2v) is 5.43. The molecule has 0 heterocycles. The van der Waals surface area contributed by atoms with Crippen molar-refractivity contribution in [2.45, 2.75) is 19.4 Å². The normalized spacial score (nSPS) is 10.3. The molecule has 0 bridgehead atoms. The van der Waals surface area contributed by atoms with Crippen molar-refractivity contribution in [1.82, 2.24) is 4.90 Å². The van der Waals surface area contributed by atoms with Crippen molar-refractivity contribution >= 4 is 11.6 Å². The molecule has 0 fully saturated rings. The van der Waals surface area contributed by atoms with Gasteiger partial charge in [0, 0.05) is 20.5 Å². The molecule has 2 rings (SSSR count). The third-order valence-corrected chi connectivity index (χ3v) is 3.44. The lowest BCUT2D eigenvalue weighted by molar-refractivity contribution is -0.128. The summed E-state index contributed by atoms with van der Waals surface area (Å²) >= 11 is 0. The summed E-state index contributed by atoms with van der Waals surface area (Å²) in [6.07, 6.45) is 1.16. The van der Waals surface area contributed by atoms with Crippen molar-refractivity contribution in [1.29, 1.82) is 0 Å². The van der Waals surface area contributed by atoms with E-state index >= 15 is 0 Å². The van der Waals surface area contributed by atoms with Crippen LogP contribution in [0.1, 0.15) is 17.5 Å². The average molecular weight is 298 g/mol. The zero-order chi connectivity index (χ0) is 15.9. The van der Waals surface area contributed by atoms with Gasteiger partial charge in [-0.2, -0.15) is 0 Å². The smallest absolute Gasteiger partial charge is 0.222 e. The summed E-state index contributed by atoms with van der Waals surface area (Å²) in [5, 5.41) is 0. The Balaban J connectivity index is 1.93. The molecular weight excluding hydrogens is 276 g/mol. The maximum absolute atomic E-state index is 11.6. The second-order valence-electron chi connectivity index (χ2n) is 5.43. The fraction of sp³-hybridized carbons (Fsp3) is 0.278. The van der Waals surface area contributed by atoms with Gasteiger partial charge in [0.1, 0.15) is 12.4 Å². The molecule has 1 amide bonds. The molecule has 0 unspecified atom stereocenters. The number of nitrogen functional groups attached to an aromatic ring is 1. The first-order chi connectivity index (χ1) is 10.6. The number of benzene rings is 2. The summed E-state index contributed by atoms with van der Waals surface area (Å²) in [7, 11) is 3.52. The Morgan fingerprint density at radius 1 is 1.09 bits per heavy atom. The highest BCUT2D eigenvalue weighted by molar-refractivity contribution is 5.75. The summed E-state index contributed by atoms with van der Waals surface area (Å²) in [4.78, 5) is 13.2. The summed E-state index contributed by atoms with van der Waals surface area (Å²) in [6.45, 7) is 0.490. The first-order valence-electron chi connectivity index (χ1n) is 7.31. The van der Waals surface area contributed by atoms with Crippen molar-refractivity contribution in [3.8, 4) is 5.75 Å². The predicted molar refractivity (Wildman–Crippen MR) is 88.6 cm³/mol. The third kappa shape index (κ3) is 4.52. The molecule has 0 radical (unpaired) electrons. The molecule has 0 aromatic heterocycles. The Kier molecular flexibility index (Phi) is 5.42. The molecule has 0 atom stereocenters. The van der Waals surface area contributed by atoms with Crippen LogP contribution in [0.5, 0.6) is 5.75 Å². The van der Waals surface area contributed by atoms with Gasteiger partial charge in [0.2, 0.25) is 5.91 Å². The van der Waals surface area contributed by atoms with E-state index in [-0.39, 0.29) is 5.91 Å². The van der Waals surface area contributed by atoms with Crippen LogP contribution in [0.4, 0.5) is 5.69 Å². The highest BCUT2D eigenvalue weighted by Gasteiger charge is 2.07. The number of ether oxygens (including phenoxy) is 1. The van der Waals surface area contributed by atoms with Gasteiger partial charge in [0.15, 0.2) is 0 Å². The standard InChI is InChI=1S/C18H22N2O2/c1-20(2)18(21)11-9-14-8-10-17(16(19)12-14)22-13-15-6-4-3-5-7-15/h3-8,10,12H,9,11,13,19H2,1-2H3. The number of anilines is 1. The number of hydrogen-bond acceptors (Lipinski definition) is 3. The maximum atomic E-state index is 11.6. The zero-order valence-electron chi connectivity index (χ0n) is 13.1. The van der Waals surface area contributed by atoms with Gasteiger partial charge in [-0.05, 0) is 29.7 Å². The second kappa shape index (κ2) is 7.50. The number of carbonyl (C=O) groups is 1. The summed E-state index contributed by atoms with van der Waals surface area (Å²) in [5.74, 6) is 0.787. The molecule has 116 valence electrons. The van der Waals surface area contributed by atoms with Crippen molar-refractivity contribution in [2.75, 3.05) is 19.8 Å². The van der Waals surface area contributed by atoms with Crippen LogP contribution in [0.25, 0.3) is 0 Å². The molecule has 4 heteroatoms. The highest BCUT2D eigenvalue weighted by Crippen LogP contribution is 2.24. The van der Waals surface area contributed by atoms with Crippen LogP contribution in [-0.4, -0.2) is 24.9 Å². The lowest BCUT2D eigenvalue weighted by atomic mass is 10.1. The number of carbonyl (C=O) groups excluding carboxylic acids is 1. The van der Waals surface area contributed by atoms with Crippen molar-refractivity contribution in [3.05, 3.63) is 59.7 Å². The molecular formula is C18H22N2O2. The third-order valence-electron chi connectivity index (χ3n) is 3.44. The van der Waals surface area contributed by atoms with Gasteiger partial charge in [0.05, 0.1) is 5.69 Å². The van der Waals surface area contributed by atoms with E-state index < -0.39 is 0 Å². The Morgan fingerprint density at radius 2 is 1.82 bits per heavy atom. The van der Waals surface area contributed by atoms with Crippen LogP contribution in [0.2, 0.25) is 0 Å². The average Bonchev–Trinajstić information content (AvgIpc) is 2.52. The summed E-state index contributed by atoms with van der Waals surface area (Å²) in [6, 6.07) is 15.7. The number of nitrogens with zero attached hydrogens (tertiary/aromatic N) is 1. The largest absolute Gasteiger partial charge is 0.487 e. The fourth-order valence-corrected chi connectivity index (χ4v) is 2.10. The minimum atomic E-state index is 0.114.